The van der Waals surface area contributed by atoms with E-state index in [9.17, 15) is 15.0 Å². The Bertz CT molecular complexity index is 754. The van der Waals surface area contributed by atoms with Gasteiger partial charge in [-0.05, 0) is 55.0 Å². The lowest BCUT2D eigenvalue weighted by Crippen LogP contribution is -2.15. The standard InChI is InChI=1S/C19H28N2O3/c1-12-14(6-7-20)15-10-13(18(23)24)11-16(19(2,3)4)17(15)21(12)8-5-9-22/h10-11,22H,5-9,20H2,1-4H3,(H,23,24). The Morgan fingerprint density at radius 3 is 2.46 bits per heavy atom. The Morgan fingerprint density at radius 1 is 1.29 bits per heavy atom. The maximum atomic E-state index is 11.6. The lowest BCUT2D eigenvalue weighted by atomic mass is 9.84. The van der Waals surface area contributed by atoms with Crippen molar-refractivity contribution >= 4 is 16.9 Å². The summed E-state index contributed by atoms with van der Waals surface area (Å²) in [6.45, 7) is 9.68. The van der Waals surface area contributed by atoms with Gasteiger partial charge < -0.3 is 20.5 Å². The van der Waals surface area contributed by atoms with Crippen molar-refractivity contribution in [2.75, 3.05) is 13.2 Å². The molecule has 1 aromatic heterocycles. The average Bonchev–Trinajstić information content (AvgIpc) is 2.76. The highest BCUT2D eigenvalue weighted by Gasteiger charge is 2.25. The van der Waals surface area contributed by atoms with Crippen LogP contribution in [0, 0.1) is 6.92 Å². The molecule has 0 aliphatic carbocycles. The molecular weight excluding hydrogens is 304 g/mol. The molecule has 0 aliphatic rings. The molecule has 5 nitrogen and oxygen atoms in total. The third-order valence-corrected chi connectivity index (χ3v) is 4.54. The van der Waals surface area contributed by atoms with Crippen LogP contribution in [-0.2, 0) is 18.4 Å². The molecule has 0 saturated carbocycles. The lowest BCUT2D eigenvalue weighted by molar-refractivity contribution is 0.0697. The zero-order valence-electron chi connectivity index (χ0n) is 15.0. The number of carboxylic acids is 1. The van der Waals surface area contributed by atoms with Crippen molar-refractivity contribution < 1.29 is 15.0 Å². The largest absolute Gasteiger partial charge is 0.478 e. The highest BCUT2D eigenvalue weighted by atomic mass is 16.4. The normalized spacial score (nSPS) is 12.1. The number of carbonyl (C=O) groups is 1. The van der Waals surface area contributed by atoms with Crippen LogP contribution < -0.4 is 5.73 Å². The first-order valence-electron chi connectivity index (χ1n) is 8.42. The smallest absolute Gasteiger partial charge is 0.335 e. The first-order valence-corrected chi connectivity index (χ1v) is 8.42. The minimum Gasteiger partial charge on any atom is -0.478 e. The van der Waals surface area contributed by atoms with Gasteiger partial charge in [0.25, 0.3) is 0 Å². The Labute approximate surface area is 143 Å². The zero-order valence-corrected chi connectivity index (χ0v) is 15.0. The second-order valence-electron chi connectivity index (χ2n) is 7.31. The summed E-state index contributed by atoms with van der Waals surface area (Å²) < 4.78 is 2.21. The number of nitrogens with zero attached hydrogens (tertiary/aromatic N) is 1. The molecule has 2 aromatic rings. The first kappa shape index (κ1) is 18.5. The molecule has 0 unspecified atom stereocenters. The Balaban J connectivity index is 2.90. The van der Waals surface area contributed by atoms with Crippen LogP contribution >= 0.6 is 0 Å². The molecule has 1 aromatic carbocycles. The first-order chi connectivity index (χ1) is 11.2. The van der Waals surface area contributed by atoms with E-state index >= 15 is 0 Å². The number of aliphatic hydroxyl groups excluding tert-OH is 1. The Hall–Kier alpha value is -1.85. The fraction of sp³-hybridized carbons (Fsp3) is 0.526. The number of hydrogen-bond donors (Lipinski definition) is 3. The van der Waals surface area contributed by atoms with Crippen LogP contribution in [0.5, 0.6) is 0 Å². The summed E-state index contributed by atoms with van der Waals surface area (Å²) in [7, 11) is 0. The van der Waals surface area contributed by atoms with Gasteiger partial charge in [-0.3, -0.25) is 0 Å². The summed E-state index contributed by atoms with van der Waals surface area (Å²) in [5.41, 5.74) is 10.2. The summed E-state index contributed by atoms with van der Waals surface area (Å²) in [5.74, 6) is -0.915. The van der Waals surface area contributed by atoms with Gasteiger partial charge in [0.15, 0.2) is 0 Å². The predicted molar refractivity (Wildman–Crippen MR) is 96.8 cm³/mol. The number of carboxylic acid groups (broad SMARTS) is 1. The highest BCUT2D eigenvalue weighted by Crippen LogP contribution is 2.36. The third kappa shape index (κ3) is 3.32. The number of fused-ring (bicyclic) bond motifs is 1. The van der Waals surface area contributed by atoms with Crippen molar-refractivity contribution in [2.45, 2.75) is 52.5 Å². The maximum absolute atomic E-state index is 11.6. The predicted octanol–water partition coefficient (Wildman–Crippen LogP) is 2.83. The molecule has 0 atom stereocenters. The van der Waals surface area contributed by atoms with Gasteiger partial charge in [-0.2, -0.15) is 0 Å². The fourth-order valence-corrected chi connectivity index (χ4v) is 3.34. The molecule has 0 spiro atoms. The second-order valence-corrected chi connectivity index (χ2v) is 7.31. The number of aliphatic hydroxyl groups is 1. The van der Waals surface area contributed by atoms with E-state index in [1.165, 1.54) is 0 Å². The van der Waals surface area contributed by atoms with Crippen molar-refractivity contribution in [3.8, 4) is 0 Å². The van der Waals surface area contributed by atoms with Crippen LogP contribution in [0.25, 0.3) is 10.9 Å². The van der Waals surface area contributed by atoms with E-state index in [1.807, 2.05) is 0 Å². The van der Waals surface area contributed by atoms with Crippen LogP contribution in [0.15, 0.2) is 12.1 Å². The summed E-state index contributed by atoms with van der Waals surface area (Å²) in [6.07, 6.45) is 1.37. The summed E-state index contributed by atoms with van der Waals surface area (Å²) in [6, 6.07) is 3.55. The van der Waals surface area contributed by atoms with E-state index in [0.717, 1.165) is 27.7 Å². The topological polar surface area (TPSA) is 88.5 Å². The number of rotatable bonds is 6. The van der Waals surface area contributed by atoms with E-state index in [4.69, 9.17) is 5.73 Å². The summed E-state index contributed by atoms with van der Waals surface area (Å²) in [5, 5.41) is 19.7. The Morgan fingerprint density at radius 2 is 1.96 bits per heavy atom. The van der Waals surface area contributed by atoms with Gasteiger partial charge in [0.2, 0.25) is 0 Å². The third-order valence-electron chi connectivity index (χ3n) is 4.54. The number of hydrogen-bond acceptors (Lipinski definition) is 3. The van der Waals surface area contributed by atoms with Crippen molar-refractivity contribution in [1.82, 2.24) is 4.57 Å². The van der Waals surface area contributed by atoms with E-state index < -0.39 is 5.97 Å². The zero-order chi connectivity index (χ0) is 18.1. The minimum absolute atomic E-state index is 0.128. The van der Waals surface area contributed by atoms with Crippen LogP contribution in [0.2, 0.25) is 0 Å². The fourth-order valence-electron chi connectivity index (χ4n) is 3.34. The molecular formula is C19H28N2O3. The minimum atomic E-state index is -0.915. The van der Waals surface area contributed by atoms with Crippen LogP contribution in [0.1, 0.15) is 54.4 Å². The van der Waals surface area contributed by atoms with E-state index in [0.29, 0.717) is 31.5 Å². The molecule has 0 fully saturated rings. The van der Waals surface area contributed by atoms with Gasteiger partial charge in [-0.15, -0.1) is 0 Å². The second kappa shape index (κ2) is 6.95. The van der Waals surface area contributed by atoms with Crippen LogP contribution in [0.3, 0.4) is 0 Å². The average molecular weight is 332 g/mol. The molecule has 1 heterocycles. The molecule has 5 heteroatoms. The van der Waals surface area contributed by atoms with Crippen LogP contribution in [-0.4, -0.2) is 33.9 Å². The Kier molecular flexibility index (Phi) is 5.35. The van der Waals surface area contributed by atoms with Gasteiger partial charge in [0.05, 0.1) is 11.1 Å². The SMILES string of the molecule is Cc1c(CCN)c2cc(C(=O)O)cc(C(C)(C)C)c2n1CCCO. The van der Waals surface area contributed by atoms with Crippen molar-refractivity contribution in [3.05, 3.63) is 34.5 Å². The number of aryl methyl sites for hydroxylation is 1. The molecule has 0 saturated heterocycles. The summed E-state index contributed by atoms with van der Waals surface area (Å²) >= 11 is 0. The van der Waals surface area contributed by atoms with Crippen molar-refractivity contribution in [2.24, 2.45) is 5.73 Å². The van der Waals surface area contributed by atoms with Gasteiger partial charge in [-0.25, -0.2) is 4.79 Å². The van der Waals surface area contributed by atoms with E-state index in [1.54, 1.807) is 12.1 Å². The van der Waals surface area contributed by atoms with Crippen molar-refractivity contribution in [1.29, 1.82) is 0 Å². The molecule has 0 amide bonds. The monoisotopic (exact) mass is 332 g/mol. The lowest BCUT2D eigenvalue weighted by Gasteiger charge is -2.23. The van der Waals surface area contributed by atoms with Crippen molar-refractivity contribution in [3.63, 3.8) is 0 Å². The highest BCUT2D eigenvalue weighted by molar-refractivity contribution is 5.97. The number of aromatic carboxylic acids is 1. The van der Waals surface area contributed by atoms with Gasteiger partial charge in [0, 0.05) is 24.2 Å². The molecule has 0 bridgehead atoms. The molecule has 4 N–H and O–H groups in total. The van der Waals surface area contributed by atoms with E-state index in [2.05, 4.69) is 32.3 Å². The number of nitrogens with two attached hydrogens (primary N) is 1. The van der Waals surface area contributed by atoms with Gasteiger partial charge >= 0.3 is 5.97 Å². The van der Waals surface area contributed by atoms with Gasteiger partial charge in [-0.1, -0.05) is 20.8 Å². The van der Waals surface area contributed by atoms with E-state index in [-0.39, 0.29) is 12.0 Å². The molecule has 132 valence electrons. The molecule has 0 radical (unpaired) electrons. The molecule has 2 rings (SSSR count). The van der Waals surface area contributed by atoms with Gasteiger partial charge in [0.1, 0.15) is 0 Å². The number of benzene rings is 1. The van der Waals surface area contributed by atoms with Crippen LogP contribution in [0.4, 0.5) is 0 Å². The summed E-state index contributed by atoms with van der Waals surface area (Å²) in [4.78, 5) is 11.6. The maximum Gasteiger partial charge on any atom is 0.335 e. The quantitative estimate of drug-likeness (QED) is 0.759. The molecule has 24 heavy (non-hydrogen) atoms. The number of aromatic nitrogens is 1. The molecule has 0 aliphatic heterocycles.